The van der Waals surface area contributed by atoms with Crippen molar-refractivity contribution < 1.29 is 4.74 Å². The highest BCUT2D eigenvalue weighted by atomic mass is 79.9. The molecule has 1 saturated heterocycles. The number of anilines is 1. The summed E-state index contributed by atoms with van der Waals surface area (Å²) in [4.78, 5) is 13.6. The molecule has 4 rings (SSSR count). The van der Waals surface area contributed by atoms with E-state index in [0.29, 0.717) is 12.1 Å². The maximum atomic E-state index is 5.53. The summed E-state index contributed by atoms with van der Waals surface area (Å²) in [7, 11) is 1.74. The predicted octanol–water partition coefficient (Wildman–Crippen LogP) is 3.49. The summed E-state index contributed by atoms with van der Waals surface area (Å²) in [6, 6.07) is 9.44. The molecule has 25 heavy (non-hydrogen) atoms. The molecule has 1 unspecified atom stereocenters. The fraction of sp³-hybridized carbons (Fsp3) is 0.474. The molecule has 1 aromatic heterocycles. The summed E-state index contributed by atoms with van der Waals surface area (Å²) < 4.78 is 6.62. The van der Waals surface area contributed by atoms with E-state index in [2.05, 4.69) is 41.8 Å². The van der Waals surface area contributed by atoms with Crippen LogP contribution < -0.4 is 9.64 Å². The second-order valence-electron chi connectivity index (χ2n) is 6.84. The van der Waals surface area contributed by atoms with Gasteiger partial charge in [-0.3, -0.25) is 4.90 Å². The number of benzene rings is 1. The summed E-state index contributed by atoms with van der Waals surface area (Å²) in [6.07, 6.45) is 7.23. The van der Waals surface area contributed by atoms with Gasteiger partial charge in [-0.1, -0.05) is 15.9 Å². The second-order valence-corrected chi connectivity index (χ2v) is 7.76. The van der Waals surface area contributed by atoms with Crippen LogP contribution in [-0.4, -0.2) is 47.2 Å². The lowest BCUT2D eigenvalue weighted by Gasteiger charge is -2.30. The molecule has 1 atom stereocenters. The fourth-order valence-corrected chi connectivity index (χ4v) is 4.16. The maximum absolute atomic E-state index is 5.53. The molecule has 2 aliphatic rings. The molecule has 1 aliphatic carbocycles. The van der Waals surface area contributed by atoms with Gasteiger partial charge in [-0.05, 0) is 43.5 Å². The van der Waals surface area contributed by atoms with Crippen molar-refractivity contribution in [3.8, 4) is 5.75 Å². The van der Waals surface area contributed by atoms with Crippen molar-refractivity contribution in [1.29, 1.82) is 0 Å². The number of halogens is 1. The Morgan fingerprint density at radius 3 is 2.84 bits per heavy atom. The lowest BCUT2D eigenvalue weighted by molar-refractivity contribution is 0.315. The fourth-order valence-electron chi connectivity index (χ4n) is 3.76. The minimum atomic E-state index is 0.528. The van der Waals surface area contributed by atoms with Crippen LogP contribution in [0, 0.1) is 0 Å². The summed E-state index contributed by atoms with van der Waals surface area (Å²) in [5, 5.41) is 0. The van der Waals surface area contributed by atoms with Gasteiger partial charge in [0.1, 0.15) is 17.9 Å². The average molecular weight is 403 g/mol. The van der Waals surface area contributed by atoms with Gasteiger partial charge in [-0.2, -0.15) is 0 Å². The molecule has 5 nitrogen and oxygen atoms in total. The summed E-state index contributed by atoms with van der Waals surface area (Å²) in [5.74, 6) is 2.03. The van der Waals surface area contributed by atoms with Crippen molar-refractivity contribution in [2.45, 2.75) is 37.9 Å². The van der Waals surface area contributed by atoms with Crippen molar-refractivity contribution in [2.75, 3.05) is 25.1 Å². The SMILES string of the molecule is COc1ccc(Br)cc1CN1CCC(N(c2ccncn2)C2CC2)C1. The van der Waals surface area contributed by atoms with E-state index in [0.717, 1.165) is 35.7 Å². The van der Waals surface area contributed by atoms with E-state index in [1.807, 2.05) is 24.4 Å². The highest BCUT2D eigenvalue weighted by Gasteiger charge is 2.38. The molecule has 0 spiro atoms. The maximum Gasteiger partial charge on any atom is 0.132 e. The smallest absolute Gasteiger partial charge is 0.132 e. The standard InChI is InChI=1S/C19H23BrN4O/c1-25-18-5-2-15(20)10-14(18)11-23-9-7-17(12-23)24(16-3-4-16)19-6-8-21-13-22-19/h2,5-6,8,10,13,16-17H,3-4,7,9,11-12H2,1H3. The van der Waals surface area contributed by atoms with Crippen LogP contribution in [0.4, 0.5) is 5.82 Å². The second kappa shape index (κ2) is 7.30. The highest BCUT2D eigenvalue weighted by Crippen LogP contribution is 2.35. The van der Waals surface area contributed by atoms with Crippen LogP contribution in [0.2, 0.25) is 0 Å². The minimum Gasteiger partial charge on any atom is -0.496 e. The molecule has 132 valence electrons. The zero-order valence-electron chi connectivity index (χ0n) is 14.4. The molecule has 0 amide bonds. The van der Waals surface area contributed by atoms with Crippen LogP contribution in [0.15, 0.2) is 41.3 Å². The Balaban J connectivity index is 1.47. The van der Waals surface area contributed by atoms with Gasteiger partial charge in [0.25, 0.3) is 0 Å². The minimum absolute atomic E-state index is 0.528. The first-order chi connectivity index (χ1) is 12.2. The Labute approximate surface area is 157 Å². The molecule has 2 aromatic rings. The van der Waals surface area contributed by atoms with Gasteiger partial charge in [0.05, 0.1) is 7.11 Å². The molecule has 2 fully saturated rings. The summed E-state index contributed by atoms with van der Waals surface area (Å²) in [5.41, 5.74) is 1.23. The summed E-state index contributed by atoms with van der Waals surface area (Å²) >= 11 is 3.57. The monoisotopic (exact) mass is 402 g/mol. The van der Waals surface area contributed by atoms with Crippen molar-refractivity contribution >= 4 is 21.7 Å². The molecule has 0 radical (unpaired) electrons. The number of hydrogen-bond donors (Lipinski definition) is 0. The predicted molar refractivity (Wildman–Crippen MR) is 102 cm³/mol. The van der Waals surface area contributed by atoms with Crippen LogP contribution in [0.5, 0.6) is 5.75 Å². The third kappa shape index (κ3) is 3.80. The van der Waals surface area contributed by atoms with Gasteiger partial charge in [-0.25, -0.2) is 9.97 Å². The van der Waals surface area contributed by atoms with Gasteiger partial charge >= 0.3 is 0 Å². The Kier molecular flexibility index (Phi) is 4.90. The molecule has 0 bridgehead atoms. The molecule has 1 aromatic carbocycles. The zero-order valence-corrected chi connectivity index (χ0v) is 16.0. The van der Waals surface area contributed by atoms with Gasteiger partial charge in [0.2, 0.25) is 0 Å². The van der Waals surface area contributed by atoms with E-state index < -0.39 is 0 Å². The lowest BCUT2D eigenvalue weighted by Crippen LogP contribution is -2.39. The van der Waals surface area contributed by atoms with E-state index >= 15 is 0 Å². The van der Waals surface area contributed by atoms with Crippen molar-refractivity contribution in [3.63, 3.8) is 0 Å². The van der Waals surface area contributed by atoms with Gasteiger partial charge in [0.15, 0.2) is 0 Å². The Hall–Kier alpha value is -1.66. The third-order valence-corrected chi connectivity index (χ3v) is 5.54. The number of hydrogen-bond acceptors (Lipinski definition) is 5. The Morgan fingerprint density at radius 2 is 2.12 bits per heavy atom. The molecule has 6 heteroatoms. The number of aromatic nitrogens is 2. The number of rotatable bonds is 6. The third-order valence-electron chi connectivity index (χ3n) is 5.05. The largest absolute Gasteiger partial charge is 0.496 e. The van der Waals surface area contributed by atoms with Crippen molar-refractivity contribution in [1.82, 2.24) is 14.9 Å². The van der Waals surface area contributed by atoms with Crippen LogP contribution in [0.3, 0.4) is 0 Å². The van der Waals surface area contributed by atoms with Crippen molar-refractivity contribution in [2.24, 2.45) is 0 Å². The van der Waals surface area contributed by atoms with Crippen molar-refractivity contribution in [3.05, 3.63) is 46.8 Å². The molecular formula is C19H23BrN4O. The normalized spacial score (nSPS) is 20.6. The molecule has 2 heterocycles. The first kappa shape index (κ1) is 16.8. The molecule has 1 aliphatic heterocycles. The van der Waals surface area contributed by atoms with Crippen LogP contribution in [0.1, 0.15) is 24.8 Å². The van der Waals surface area contributed by atoms with Crippen LogP contribution >= 0.6 is 15.9 Å². The Morgan fingerprint density at radius 1 is 1.24 bits per heavy atom. The molecule has 1 saturated carbocycles. The van der Waals surface area contributed by atoms with E-state index in [1.54, 1.807) is 13.4 Å². The van der Waals surface area contributed by atoms with E-state index in [9.17, 15) is 0 Å². The number of likely N-dealkylation sites (tertiary alicyclic amines) is 1. The average Bonchev–Trinajstić information content (AvgIpc) is 3.36. The van der Waals surface area contributed by atoms with Gasteiger partial charge < -0.3 is 9.64 Å². The lowest BCUT2D eigenvalue weighted by atomic mass is 10.2. The Bertz CT molecular complexity index is 723. The number of methoxy groups -OCH3 is 1. The van der Waals surface area contributed by atoms with Gasteiger partial charge in [0, 0.05) is 48.0 Å². The zero-order chi connectivity index (χ0) is 17.2. The van der Waals surface area contributed by atoms with Crippen LogP contribution in [-0.2, 0) is 6.54 Å². The summed E-state index contributed by atoms with van der Waals surface area (Å²) in [6.45, 7) is 3.09. The van der Waals surface area contributed by atoms with E-state index in [1.165, 1.54) is 24.8 Å². The van der Waals surface area contributed by atoms with Gasteiger partial charge in [-0.15, -0.1) is 0 Å². The van der Waals surface area contributed by atoms with E-state index in [-0.39, 0.29) is 0 Å². The molecule has 0 N–H and O–H groups in total. The quantitative estimate of drug-likeness (QED) is 0.739. The van der Waals surface area contributed by atoms with Crippen LogP contribution in [0.25, 0.3) is 0 Å². The molecular weight excluding hydrogens is 380 g/mol. The highest BCUT2D eigenvalue weighted by molar-refractivity contribution is 9.10. The first-order valence-corrected chi connectivity index (χ1v) is 9.63. The number of ether oxygens (including phenoxy) is 1. The topological polar surface area (TPSA) is 41.5 Å². The first-order valence-electron chi connectivity index (χ1n) is 8.83. The van der Waals surface area contributed by atoms with E-state index in [4.69, 9.17) is 4.74 Å². The number of nitrogens with zero attached hydrogens (tertiary/aromatic N) is 4.